The van der Waals surface area contributed by atoms with Crippen molar-refractivity contribution in [3.63, 3.8) is 0 Å². The summed E-state index contributed by atoms with van der Waals surface area (Å²) in [4.78, 5) is 60.1. The van der Waals surface area contributed by atoms with Crippen molar-refractivity contribution in [1.82, 2.24) is 20.8 Å². The van der Waals surface area contributed by atoms with Crippen LogP contribution in [0.5, 0.6) is 0 Å². The van der Waals surface area contributed by atoms with E-state index in [0.717, 1.165) is 11.1 Å². The number of nitrogens with zero attached hydrogens (tertiary/aromatic N) is 2. The summed E-state index contributed by atoms with van der Waals surface area (Å²) < 4.78 is 0. The van der Waals surface area contributed by atoms with Crippen molar-refractivity contribution in [2.75, 3.05) is 26.2 Å². The Balaban J connectivity index is 1.68. The first-order chi connectivity index (χ1) is 20.5. The number of nitrogens with one attached hydrogen (secondary N) is 2. The monoisotopic (exact) mass is 596 g/mol. The zero-order valence-corrected chi connectivity index (χ0v) is 23.5. The molecule has 0 radical (unpaired) electrons. The lowest BCUT2D eigenvalue weighted by Crippen LogP contribution is -2.47. The van der Waals surface area contributed by atoms with Gasteiger partial charge in [0.1, 0.15) is 0 Å². The highest BCUT2D eigenvalue weighted by molar-refractivity contribution is 5.92. The van der Waals surface area contributed by atoms with Gasteiger partial charge >= 0.3 is 5.97 Å². The Kier molecular flexibility index (Phi) is 14.3. The van der Waals surface area contributed by atoms with Crippen LogP contribution in [-0.2, 0) is 24.0 Å². The Hall–Kier alpha value is -4.85. The first-order valence-corrected chi connectivity index (χ1v) is 13.5. The number of amides is 4. The fraction of sp³-hybridized carbons (Fsp3) is 0.300. The number of hydroxylamine groups is 4. The molecule has 230 valence electrons. The lowest BCUT2D eigenvalue weighted by Gasteiger charge is -2.22. The van der Waals surface area contributed by atoms with E-state index in [2.05, 4.69) is 10.6 Å². The number of carboxylic acids is 1. The summed E-state index contributed by atoms with van der Waals surface area (Å²) in [5, 5.41) is 45.3. The molecule has 6 N–H and O–H groups in total. The maximum Gasteiger partial charge on any atom is 0.336 e. The van der Waals surface area contributed by atoms with E-state index in [1.54, 1.807) is 48.5 Å². The van der Waals surface area contributed by atoms with Crippen molar-refractivity contribution in [1.29, 1.82) is 0 Å². The molecular formula is C30H36N4O9. The summed E-state index contributed by atoms with van der Waals surface area (Å²) in [5.74, 6) is -4.81. The van der Waals surface area contributed by atoms with Gasteiger partial charge in [-0.25, -0.2) is 14.9 Å². The van der Waals surface area contributed by atoms with Gasteiger partial charge in [-0.1, -0.05) is 60.7 Å². The highest BCUT2D eigenvalue weighted by atomic mass is 16.5. The highest BCUT2D eigenvalue weighted by Crippen LogP contribution is 2.16. The largest absolute Gasteiger partial charge is 0.479 e. The normalized spacial score (nSPS) is 11.3. The molecule has 0 saturated carbocycles. The SMILES string of the molecule is O=C(CC(O)(CC(=O)NCCCN(O)C(=O)/C=C/c1ccccc1)C(=O)O)NCCCN(O)C(=O)/C=C/c1ccccc1. The van der Waals surface area contributed by atoms with E-state index in [1.807, 2.05) is 12.1 Å². The molecular weight excluding hydrogens is 560 g/mol. The van der Waals surface area contributed by atoms with Gasteiger partial charge in [0.25, 0.3) is 11.8 Å². The fourth-order valence-corrected chi connectivity index (χ4v) is 3.64. The third kappa shape index (κ3) is 13.1. The number of carbonyl (C=O) groups is 5. The molecule has 0 bridgehead atoms. The first-order valence-electron chi connectivity index (χ1n) is 13.5. The van der Waals surface area contributed by atoms with Crippen LogP contribution in [0.25, 0.3) is 12.2 Å². The number of carbonyl (C=O) groups excluding carboxylic acids is 4. The van der Waals surface area contributed by atoms with E-state index in [-0.39, 0.29) is 39.0 Å². The molecule has 0 aliphatic carbocycles. The quantitative estimate of drug-likeness (QED) is 0.0678. The van der Waals surface area contributed by atoms with Crippen molar-refractivity contribution in [2.45, 2.75) is 31.3 Å². The Labute approximate surface area is 248 Å². The Morgan fingerprint density at radius 3 is 1.40 bits per heavy atom. The minimum atomic E-state index is -2.68. The van der Waals surface area contributed by atoms with Crippen LogP contribution in [0.1, 0.15) is 36.8 Å². The molecule has 0 aliphatic heterocycles. The van der Waals surface area contributed by atoms with Gasteiger partial charge < -0.3 is 20.8 Å². The summed E-state index contributed by atoms with van der Waals surface area (Å²) in [6.45, 7) is -0.317. The number of hydrogen-bond donors (Lipinski definition) is 6. The third-order valence-electron chi connectivity index (χ3n) is 5.99. The summed E-state index contributed by atoms with van der Waals surface area (Å²) in [7, 11) is 0. The molecule has 0 unspecified atom stereocenters. The van der Waals surface area contributed by atoms with Gasteiger partial charge in [0.15, 0.2) is 5.60 Å². The minimum absolute atomic E-state index is 0.0373. The molecule has 2 rings (SSSR count). The van der Waals surface area contributed by atoms with Crippen LogP contribution in [0, 0.1) is 0 Å². The van der Waals surface area contributed by atoms with Gasteiger partial charge in [0.2, 0.25) is 11.8 Å². The zero-order chi connectivity index (χ0) is 31.7. The van der Waals surface area contributed by atoms with E-state index in [9.17, 15) is 44.6 Å². The van der Waals surface area contributed by atoms with E-state index < -0.39 is 48.0 Å². The summed E-state index contributed by atoms with van der Waals surface area (Å²) >= 11 is 0. The van der Waals surface area contributed by atoms with Crippen LogP contribution in [0.3, 0.4) is 0 Å². The smallest absolute Gasteiger partial charge is 0.336 e. The molecule has 4 amide bonds. The van der Waals surface area contributed by atoms with Gasteiger partial charge in [-0.3, -0.25) is 29.6 Å². The van der Waals surface area contributed by atoms with E-state index >= 15 is 0 Å². The second kappa shape index (κ2) is 17.9. The lowest BCUT2D eigenvalue weighted by atomic mass is 9.94. The Morgan fingerprint density at radius 1 is 0.674 bits per heavy atom. The van der Waals surface area contributed by atoms with Crippen LogP contribution in [0.15, 0.2) is 72.8 Å². The zero-order valence-electron chi connectivity index (χ0n) is 23.5. The van der Waals surface area contributed by atoms with E-state index in [0.29, 0.717) is 10.1 Å². The first kappa shape index (κ1) is 34.4. The summed E-state index contributed by atoms with van der Waals surface area (Å²) in [5.41, 5.74) is -1.14. The predicted octanol–water partition coefficient (Wildman–Crippen LogP) is 1.46. The van der Waals surface area contributed by atoms with Crippen molar-refractivity contribution < 1.29 is 44.6 Å². The Morgan fingerprint density at radius 2 is 1.05 bits per heavy atom. The second-order valence-electron chi connectivity index (χ2n) is 9.51. The summed E-state index contributed by atoms with van der Waals surface area (Å²) in [6.07, 6.45) is 3.88. The van der Waals surface area contributed by atoms with E-state index in [1.165, 1.54) is 24.3 Å². The second-order valence-corrected chi connectivity index (χ2v) is 9.51. The average Bonchev–Trinajstić information content (AvgIpc) is 2.99. The molecule has 0 aromatic heterocycles. The maximum absolute atomic E-state index is 12.2. The van der Waals surface area contributed by atoms with Gasteiger partial charge in [0.05, 0.1) is 25.9 Å². The van der Waals surface area contributed by atoms with Gasteiger partial charge in [-0.2, -0.15) is 0 Å². The standard InChI is InChI=1S/C30H36N4O9/c35-25(31-17-7-19-33(42)27(37)15-13-23-9-3-1-4-10-23)21-30(41,29(39)40)22-26(36)32-18-8-20-34(43)28(38)16-14-24-11-5-2-6-12-24/h1-6,9-16,41-43H,7-8,17-22H2,(H,31,35)(H,32,36)(H,39,40)/b15-13+,16-14+. The van der Waals surface area contributed by atoms with Crippen molar-refractivity contribution in [2.24, 2.45) is 0 Å². The van der Waals surface area contributed by atoms with Gasteiger partial charge in [0, 0.05) is 25.2 Å². The van der Waals surface area contributed by atoms with Crippen molar-refractivity contribution >= 4 is 41.8 Å². The molecule has 0 aliphatic rings. The number of benzene rings is 2. The number of aliphatic carboxylic acids is 1. The van der Waals surface area contributed by atoms with Crippen LogP contribution in [0.2, 0.25) is 0 Å². The maximum atomic E-state index is 12.2. The molecule has 2 aromatic carbocycles. The third-order valence-corrected chi connectivity index (χ3v) is 5.99. The number of carboxylic acid groups (broad SMARTS) is 1. The predicted molar refractivity (Wildman–Crippen MR) is 155 cm³/mol. The van der Waals surface area contributed by atoms with Gasteiger partial charge in [-0.15, -0.1) is 0 Å². The molecule has 2 aromatic rings. The molecule has 0 spiro atoms. The van der Waals surface area contributed by atoms with Crippen LogP contribution in [-0.4, -0.2) is 92.1 Å². The average molecular weight is 597 g/mol. The van der Waals surface area contributed by atoms with Crippen LogP contribution >= 0.6 is 0 Å². The Bertz CT molecular complexity index is 1190. The molecule has 43 heavy (non-hydrogen) atoms. The molecule has 13 nitrogen and oxygen atoms in total. The highest BCUT2D eigenvalue weighted by Gasteiger charge is 2.40. The number of aliphatic hydroxyl groups is 1. The number of hydrogen-bond acceptors (Lipinski definition) is 8. The molecule has 0 fully saturated rings. The topological polar surface area (TPSA) is 197 Å². The van der Waals surface area contributed by atoms with Crippen LogP contribution < -0.4 is 10.6 Å². The summed E-state index contributed by atoms with van der Waals surface area (Å²) in [6, 6.07) is 18.0. The van der Waals surface area contributed by atoms with Crippen LogP contribution in [0.4, 0.5) is 0 Å². The molecule has 0 heterocycles. The molecule has 0 saturated heterocycles. The molecule has 0 atom stereocenters. The minimum Gasteiger partial charge on any atom is -0.479 e. The van der Waals surface area contributed by atoms with Crippen molar-refractivity contribution in [3.8, 4) is 0 Å². The van der Waals surface area contributed by atoms with Gasteiger partial charge in [-0.05, 0) is 36.1 Å². The number of rotatable bonds is 17. The fourth-order valence-electron chi connectivity index (χ4n) is 3.64. The van der Waals surface area contributed by atoms with E-state index in [4.69, 9.17) is 0 Å². The van der Waals surface area contributed by atoms with Crippen molar-refractivity contribution in [3.05, 3.63) is 83.9 Å². The molecule has 13 heteroatoms. The lowest BCUT2D eigenvalue weighted by molar-refractivity contribution is -0.164.